The maximum atomic E-state index is 9.74. The first-order valence-corrected chi connectivity index (χ1v) is 6.02. The van der Waals surface area contributed by atoms with Crippen molar-refractivity contribution in [3.8, 4) is 6.07 Å². The third-order valence-corrected chi connectivity index (χ3v) is 3.03. The van der Waals surface area contributed by atoms with E-state index in [9.17, 15) is 20.4 Å². The van der Waals surface area contributed by atoms with Gasteiger partial charge in [0.1, 0.15) is 18.3 Å². The van der Waals surface area contributed by atoms with Gasteiger partial charge in [0.15, 0.2) is 18.7 Å². The summed E-state index contributed by atoms with van der Waals surface area (Å²) in [6.07, 6.45) is -9.00. The van der Waals surface area contributed by atoms with Gasteiger partial charge in [-0.05, 0) is 5.56 Å². The van der Waals surface area contributed by atoms with Crippen molar-refractivity contribution in [2.45, 2.75) is 37.0 Å². The zero-order valence-corrected chi connectivity index (χ0v) is 10.4. The van der Waals surface area contributed by atoms with Crippen LogP contribution in [0.25, 0.3) is 0 Å². The van der Waals surface area contributed by atoms with Crippen LogP contribution in [0.5, 0.6) is 0 Å². The van der Waals surface area contributed by atoms with Crippen LogP contribution in [0.2, 0.25) is 0 Å². The van der Waals surface area contributed by atoms with E-state index < -0.39 is 37.0 Å². The van der Waals surface area contributed by atoms with Crippen LogP contribution in [0, 0.1) is 11.3 Å². The topological polar surface area (TPSA) is 123 Å². The van der Waals surface area contributed by atoms with Crippen molar-refractivity contribution in [2.75, 3.05) is 0 Å². The maximum Gasteiger partial charge on any atom is 0.191 e. The molecule has 6 atom stereocenters. The van der Waals surface area contributed by atoms with Crippen LogP contribution in [0.15, 0.2) is 30.3 Å². The highest BCUT2D eigenvalue weighted by Gasteiger charge is 2.44. The summed E-state index contributed by atoms with van der Waals surface area (Å²) < 4.78 is 10.1. The van der Waals surface area contributed by atoms with Gasteiger partial charge in [-0.3, -0.25) is 0 Å². The van der Waals surface area contributed by atoms with Crippen molar-refractivity contribution in [1.29, 1.82) is 5.26 Å². The van der Waals surface area contributed by atoms with E-state index in [4.69, 9.17) is 14.7 Å². The van der Waals surface area contributed by atoms with Gasteiger partial charge in [-0.25, -0.2) is 0 Å². The third-order valence-electron chi connectivity index (χ3n) is 3.03. The fourth-order valence-corrected chi connectivity index (χ4v) is 1.89. The fraction of sp³-hybridized carbons (Fsp3) is 0.462. The largest absolute Gasteiger partial charge is 0.387 e. The number of aliphatic hydroxyl groups excluding tert-OH is 4. The Morgan fingerprint density at radius 2 is 1.70 bits per heavy atom. The van der Waals surface area contributed by atoms with Gasteiger partial charge >= 0.3 is 0 Å². The quantitative estimate of drug-likeness (QED) is 0.561. The molecule has 1 heterocycles. The number of aliphatic hydroxyl groups is 4. The Hall–Kier alpha value is -1.53. The normalized spacial score (nSPS) is 35.2. The minimum Gasteiger partial charge on any atom is -0.387 e. The van der Waals surface area contributed by atoms with Gasteiger partial charge in [0.25, 0.3) is 0 Å². The highest BCUT2D eigenvalue weighted by atomic mass is 16.7. The summed E-state index contributed by atoms with van der Waals surface area (Å²) in [5, 5.41) is 47.1. The zero-order valence-electron chi connectivity index (χ0n) is 10.4. The first kappa shape index (κ1) is 14.9. The summed E-state index contributed by atoms with van der Waals surface area (Å²) in [6, 6.07) is 10.4. The van der Waals surface area contributed by atoms with Crippen LogP contribution in [-0.4, -0.2) is 51.3 Å². The Bertz CT molecular complexity index is 475. The van der Waals surface area contributed by atoms with E-state index >= 15 is 0 Å². The average Bonchev–Trinajstić information content (AvgIpc) is 2.48. The van der Waals surface area contributed by atoms with E-state index in [-0.39, 0.29) is 0 Å². The van der Waals surface area contributed by atoms with Crippen LogP contribution in [0.4, 0.5) is 0 Å². The van der Waals surface area contributed by atoms with E-state index in [2.05, 4.69) is 0 Å². The lowest BCUT2D eigenvalue weighted by atomic mass is 10.0. The molecule has 1 aromatic carbocycles. The summed E-state index contributed by atoms with van der Waals surface area (Å²) in [5.74, 6) is 0. The molecule has 0 aromatic heterocycles. The second-order valence-electron chi connectivity index (χ2n) is 4.42. The minimum atomic E-state index is -1.70. The molecule has 108 valence electrons. The molecule has 0 aliphatic carbocycles. The molecule has 20 heavy (non-hydrogen) atoms. The number of benzene rings is 1. The first-order chi connectivity index (χ1) is 9.54. The van der Waals surface area contributed by atoms with Gasteiger partial charge in [0, 0.05) is 0 Å². The number of ether oxygens (including phenoxy) is 2. The van der Waals surface area contributed by atoms with Crippen LogP contribution in [0.3, 0.4) is 0 Å². The summed E-state index contributed by atoms with van der Waals surface area (Å²) in [4.78, 5) is 0. The molecule has 0 radical (unpaired) electrons. The molecule has 2 rings (SSSR count). The second-order valence-corrected chi connectivity index (χ2v) is 4.42. The lowest BCUT2D eigenvalue weighted by Crippen LogP contribution is -2.58. The van der Waals surface area contributed by atoms with Crippen molar-refractivity contribution in [3.63, 3.8) is 0 Å². The highest BCUT2D eigenvalue weighted by molar-refractivity contribution is 5.22. The molecular weight excluding hydrogens is 266 g/mol. The van der Waals surface area contributed by atoms with Gasteiger partial charge in [-0.15, -0.1) is 0 Å². The molecule has 7 nitrogen and oxygen atoms in total. The maximum absolute atomic E-state index is 9.74. The van der Waals surface area contributed by atoms with Gasteiger partial charge in [0.2, 0.25) is 0 Å². The molecule has 0 saturated carbocycles. The Kier molecular flexibility index (Phi) is 4.67. The predicted molar refractivity (Wildman–Crippen MR) is 64.8 cm³/mol. The van der Waals surface area contributed by atoms with Crippen LogP contribution in [-0.2, 0) is 9.47 Å². The van der Waals surface area contributed by atoms with E-state index in [1.165, 1.54) is 0 Å². The summed E-state index contributed by atoms with van der Waals surface area (Å²) in [7, 11) is 0. The molecule has 1 fully saturated rings. The molecule has 1 aliphatic rings. The smallest absolute Gasteiger partial charge is 0.191 e. The molecule has 1 unspecified atom stereocenters. The average molecular weight is 281 g/mol. The summed E-state index contributed by atoms with van der Waals surface area (Å²) in [6.45, 7) is 0. The molecule has 0 amide bonds. The number of hydrogen-bond donors (Lipinski definition) is 4. The van der Waals surface area contributed by atoms with E-state index in [0.29, 0.717) is 5.56 Å². The van der Waals surface area contributed by atoms with Crippen molar-refractivity contribution < 1.29 is 29.9 Å². The molecule has 1 aromatic rings. The molecule has 0 bridgehead atoms. The summed E-state index contributed by atoms with van der Waals surface area (Å²) >= 11 is 0. The molecule has 1 saturated heterocycles. The standard InChI is InChI=1S/C13H15NO6/c14-6-8(7-4-2-1-3-5-7)19-13-11(17)9(15)10(16)12(18)20-13/h1-5,8-13,15-18H/t8?,9-,10-,11+,12-,13+/m0/s1. The number of hydrogen-bond acceptors (Lipinski definition) is 7. The van der Waals surface area contributed by atoms with Crippen molar-refractivity contribution in [1.82, 2.24) is 0 Å². The Morgan fingerprint density at radius 1 is 1.05 bits per heavy atom. The van der Waals surface area contributed by atoms with Gasteiger partial charge in [-0.2, -0.15) is 5.26 Å². The summed E-state index contributed by atoms with van der Waals surface area (Å²) in [5.41, 5.74) is 0.543. The van der Waals surface area contributed by atoms with Crippen LogP contribution in [0.1, 0.15) is 11.7 Å². The van der Waals surface area contributed by atoms with Crippen molar-refractivity contribution in [2.24, 2.45) is 0 Å². The highest BCUT2D eigenvalue weighted by Crippen LogP contribution is 2.26. The Labute approximate surface area is 115 Å². The molecule has 1 aliphatic heterocycles. The number of nitriles is 1. The lowest BCUT2D eigenvalue weighted by molar-refractivity contribution is -0.345. The second kappa shape index (κ2) is 6.28. The van der Waals surface area contributed by atoms with E-state index in [0.717, 1.165) is 0 Å². The number of nitrogens with zero attached hydrogens (tertiary/aromatic N) is 1. The first-order valence-electron chi connectivity index (χ1n) is 6.02. The number of rotatable bonds is 3. The molecule has 7 heteroatoms. The van der Waals surface area contributed by atoms with Crippen LogP contribution >= 0.6 is 0 Å². The Morgan fingerprint density at radius 3 is 2.30 bits per heavy atom. The SMILES string of the molecule is N#CC(O[C@@H]1O[C@H](O)[C@@H](O)[C@H](O)[C@H]1O)c1ccccc1. The zero-order chi connectivity index (χ0) is 14.7. The molecular formula is C13H15NO6. The van der Waals surface area contributed by atoms with Crippen LogP contribution < -0.4 is 0 Å². The van der Waals surface area contributed by atoms with Gasteiger partial charge in [0.05, 0.1) is 6.07 Å². The molecule has 0 spiro atoms. The monoisotopic (exact) mass is 281 g/mol. The molecule has 4 N–H and O–H groups in total. The van der Waals surface area contributed by atoms with E-state index in [1.807, 2.05) is 6.07 Å². The van der Waals surface area contributed by atoms with Crippen molar-refractivity contribution >= 4 is 0 Å². The third kappa shape index (κ3) is 2.96. The van der Waals surface area contributed by atoms with Gasteiger partial charge < -0.3 is 29.9 Å². The fourth-order valence-electron chi connectivity index (χ4n) is 1.89. The van der Waals surface area contributed by atoms with Gasteiger partial charge in [-0.1, -0.05) is 30.3 Å². The Balaban J connectivity index is 2.10. The van der Waals surface area contributed by atoms with Crippen molar-refractivity contribution in [3.05, 3.63) is 35.9 Å². The lowest BCUT2D eigenvalue weighted by Gasteiger charge is -2.38. The predicted octanol–water partition coefficient (Wildman–Crippen LogP) is -0.975. The minimum absolute atomic E-state index is 0.543. The van der Waals surface area contributed by atoms with E-state index in [1.54, 1.807) is 30.3 Å².